The van der Waals surface area contributed by atoms with E-state index in [1.807, 2.05) is 47.9 Å². The van der Waals surface area contributed by atoms with Crippen LogP contribution in [-0.2, 0) is 24.4 Å². The van der Waals surface area contributed by atoms with Crippen LogP contribution in [0.2, 0.25) is 0 Å². The maximum absolute atomic E-state index is 12.7. The van der Waals surface area contributed by atoms with Crippen molar-refractivity contribution in [2.75, 3.05) is 45.3 Å². The van der Waals surface area contributed by atoms with Crippen molar-refractivity contribution in [1.82, 2.24) is 14.8 Å². The SMILES string of the molecule is COc1ccc(N2CCN(Cc3cc(=O)c(OC)cn3CC(=O)NCc3ccc(C)cc3)CC2)cc1. The normalized spacial score (nSPS) is 13.9. The summed E-state index contributed by atoms with van der Waals surface area (Å²) in [6.45, 7) is 6.65. The van der Waals surface area contributed by atoms with Crippen molar-refractivity contribution in [3.8, 4) is 11.5 Å². The first kappa shape index (κ1) is 25.3. The van der Waals surface area contributed by atoms with Crippen LogP contribution in [0.3, 0.4) is 0 Å². The number of ether oxygens (including phenoxy) is 2. The number of benzene rings is 2. The van der Waals surface area contributed by atoms with Gasteiger partial charge < -0.3 is 24.3 Å². The molecule has 0 unspecified atom stereocenters. The van der Waals surface area contributed by atoms with E-state index in [9.17, 15) is 9.59 Å². The number of piperazine rings is 1. The van der Waals surface area contributed by atoms with E-state index in [1.54, 1.807) is 19.4 Å². The van der Waals surface area contributed by atoms with Crippen molar-refractivity contribution < 1.29 is 14.3 Å². The largest absolute Gasteiger partial charge is 0.497 e. The van der Waals surface area contributed by atoms with E-state index in [2.05, 4.69) is 27.2 Å². The highest BCUT2D eigenvalue weighted by molar-refractivity contribution is 5.75. The van der Waals surface area contributed by atoms with Crippen molar-refractivity contribution >= 4 is 11.6 Å². The minimum absolute atomic E-state index is 0.115. The molecule has 1 aliphatic rings. The Morgan fingerprint density at radius 3 is 2.28 bits per heavy atom. The van der Waals surface area contributed by atoms with E-state index in [0.29, 0.717) is 13.1 Å². The molecule has 8 heteroatoms. The zero-order chi connectivity index (χ0) is 25.5. The molecule has 0 aliphatic carbocycles. The van der Waals surface area contributed by atoms with Gasteiger partial charge in [0.25, 0.3) is 0 Å². The predicted octanol–water partition coefficient (Wildman–Crippen LogP) is 2.81. The Morgan fingerprint density at radius 1 is 0.944 bits per heavy atom. The lowest BCUT2D eigenvalue weighted by molar-refractivity contribution is -0.121. The van der Waals surface area contributed by atoms with Crippen molar-refractivity contribution in [3.63, 3.8) is 0 Å². The zero-order valence-corrected chi connectivity index (χ0v) is 21.2. The fraction of sp³-hybridized carbons (Fsp3) is 0.357. The molecular weight excluding hydrogens is 456 g/mol. The Bertz CT molecular complexity index is 1210. The van der Waals surface area contributed by atoms with Crippen molar-refractivity contribution in [3.05, 3.63) is 87.8 Å². The van der Waals surface area contributed by atoms with Crippen LogP contribution in [0.15, 0.2) is 65.6 Å². The van der Waals surface area contributed by atoms with E-state index in [-0.39, 0.29) is 23.6 Å². The smallest absolute Gasteiger partial charge is 0.240 e. The fourth-order valence-corrected chi connectivity index (χ4v) is 4.33. The number of aryl methyl sites for hydroxylation is 1. The molecule has 1 fully saturated rings. The first-order valence-electron chi connectivity index (χ1n) is 12.2. The molecule has 190 valence electrons. The molecule has 0 bridgehead atoms. The second-order valence-corrected chi connectivity index (χ2v) is 9.05. The van der Waals surface area contributed by atoms with E-state index in [4.69, 9.17) is 9.47 Å². The zero-order valence-electron chi connectivity index (χ0n) is 21.2. The molecule has 2 aromatic carbocycles. The van der Waals surface area contributed by atoms with Crippen molar-refractivity contribution in [2.45, 2.75) is 26.6 Å². The third kappa shape index (κ3) is 6.46. The number of amides is 1. The third-order valence-electron chi connectivity index (χ3n) is 6.52. The summed E-state index contributed by atoms with van der Waals surface area (Å²) in [5, 5.41) is 2.97. The lowest BCUT2D eigenvalue weighted by Crippen LogP contribution is -2.46. The number of aromatic nitrogens is 1. The average molecular weight is 491 g/mol. The number of methoxy groups -OCH3 is 2. The number of nitrogens with one attached hydrogen (secondary N) is 1. The summed E-state index contributed by atoms with van der Waals surface area (Å²) >= 11 is 0. The molecule has 1 aromatic heterocycles. The van der Waals surface area contributed by atoms with Gasteiger partial charge in [0.1, 0.15) is 12.3 Å². The van der Waals surface area contributed by atoms with Crippen LogP contribution in [-0.4, -0.2) is 55.8 Å². The summed E-state index contributed by atoms with van der Waals surface area (Å²) in [6, 6.07) is 17.8. The van der Waals surface area contributed by atoms with Gasteiger partial charge in [0.15, 0.2) is 5.75 Å². The van der Waals surface area contributed by atoms with Gasteiger partial charge in [-0.3, -0.25) is 14.5 Å². The number of pyridine rings is 1. The van der Waals surface area contributed by atoms with Gasteiger partial charge >= 0.3 is 0 Å². The molecule has 0 saturated carbocycles. The summed E-state index contributed by atoms with van der Waals surface area (Å²) in [6.07, 6.45) is 1.64. The van der Waals surface area contributed by atoms with E-state index < -0.39 is 0 Å². The topological polar surface area (TPSA) is 76.0 Å². The fourth-order valence-electron chi connectivity index (χ4n) is 4.33. The van der Waals surface area contributed by atoms with Crippen LogP contribution in [0.5, 0.6) is 11.5 Å². The van der Waals surface area contributed by atoms with E-state index in [1.165, 1.54) is 18.4 Å². The van der Waals surface area contributed by atoms with Crippen molar-refractivity contribution in [2.24, 2.45) is 0 Å². The third-order valence-corrected chi connectivity index (χ3v) is 6.52. The Morgan fingerprint density at radius 2 is 1.64 bits per heavy atom. The first-order valence-corrected chi connectivity index (χ1v) is 12.2. The first-order chi connectivity index (χ1) is 17.4. The van der Waals surface area contributed by atoms with Crippen LogP contribution in [0.1, 0.15) is 16.8 Å². The maximum atomic E-state index is 12.7. The number of rotatable bonds is 9. The summed E-state index contributed by atoms with van der Waals surface area (Å²) in [5.74, 6) is 0.957. The maximum Gasteiger partial charge on any atom is 0.240 e. The molecule has 1 aliphatic heterocycles. The van der Waals surface area contributed by atoms with Gasteiger partial charge in [-0.2, -0.15) is 0 Å². The number of hydrogen-bond donors (Lipinski definition) is 1. The minimum Gasteiger partial charge on any atom is -0.497 e. The monoisotopic (exact) mass is 490 g/mol. The molecule has 1 N–H and O–H groups in total. The van der Waals surface area contributed by atoms with Crippen LogP contribution >= 0.6 is 0 Å². The van der Waals surface area contributed by atoms with Gasteiger partial charge in [0.05, 0.1) is 20.4 Å². The molecule has 1 amide bonds. The second-order valence-electron chi connectivity index (χ2n) is 9.05. The Balaban J connectivity index is 1.39. The van der Waals surface area contributed by atoms with Gasteiger partial charge in [-0.1, -0.05) is 29.8 Å². The second kappa shape index (κ2) is 11.8. The molecule has 0 spiro atoms. The van der Waals surface area contributed by atoms with Crippen LogP contribution in [0.4, 0.5) is 5.69 Å². The lowest BCUT2D eigenvalue weighted by atomic mass is 10.1. The standard InChI is InChI=1S/C28H34N4O4/c1-21-4-6-22(7-5-21)17-29-28(34)20-32-19-27(36-3)26(33)16-24(32)18-30-12-14-31(15-13-30)23-8-10-25(35-2)11-9-23/h4-11,16,19H,12-15,17-18,20H2,1-3H3,(H,29,34). The van der Waals surface area contributed by atoms with E-state index in [0.717, 1.165) is 43.2 Å². The number of carbonyl (C=O) groups excluding carboxylic acids is 1. The molecule has 2 heterocycles. The predicted molar refractivity (Wildman–Crippen MR) is 141 cm³/mol. The molecule has 0 atom stereocenters. The number of hydrogen-bond acceptors (Lipinski definition) is 6. The Kier molecular flexibility index (Phi) is 8.28. The van der Waals surface area contributed by atoms with Crippen LogP contribution in [0, 0.1) is 6.92 Å². The lowest BCUT2D eigenvalue weighted by Gasteiger charge is -2.36. The van der Waals surface area contributed by atoms with Crippen LogP contribution < -0.4 is 25.1 Å². The Labute approximate surface area is 212 Å². The summed E-state index contributed by atoms with van der Waals surface area (Å²) in [7, 11) is 3.14. The van der Waals surface area contributed by atoms with E-state index >= 15 is 0 Å². The molecule has 36 heavy (non-hydrogen) atoms. The van der Waals surface area contributed by atoms with Crippen molar-refractivity contribution in [1.29, 1.82) is 0 Å². The highest BCUT2D eigenvalue weighted by atomic mass is 16.5. The highest BCUT2D eigenvalue weighted by Gasteiger charge is 2.20. The van der Waals surface area contributed by atoms with Crippen LogP contribution in [0.25, 0.3) is 0 Å². The Hall–Kier alpha value is -3.78. The molecule has 0 radical (unpaired) electrons. The molecule has 8 nitrogen and oxygen atoms in total. The molecular formula is C28H34N4O4. The number of nitrogens with zero attached hydrogens (tertiary/aromatic N) is 3. The molecule has 4 rings (SSSR count). The summed E-state index contributed by atoms with van der Waals surface area (Å²) in [4.78, 5) is 29.9. The average Bonchev–Trinajstić information content (AvgIpc) is 2.90. The minimum atomic E-state index is -0.180. The van der Waals surface area contributed by atoms with Gasteiger partial charge in [-0.15, -0.1) is 0 Å². The summed E-state index contributed by atoms with van der Waals surface area (Å²) < 4.78 is 12.3. The number of carbonyl (C=O) groups is 1. The molecule has 3 aromatic rings. The molecule has 1 saturated heterocycles. The highest BCUT2D eigenvalue weighted by Crippen LogP contribution is 2.21. The van der Waals surface area contributed by atoms with Gasteiger partial charge in [0.2, 0.25) is 11.3 Å². The van der Waals surface area contributed by atoms with Gasteiger partial charge in [-0.25, -0.2) is 0 Å². The quantitative estimate of drug-likeness (QED) is 0.497. The number of anilines is 1. The van der Waals surface area contributed by atoms with Gasteiger partial charge in [0, 0.05) is 56.7 Å². The van der Waals surface area contributed by atoms with Gasteiger partial charge in [-0.05, 0) is 36.8 Å². The summed E-state index contributed by atoms with van der Waals surface area (Å²) in [5.41, 5.74) is 4.01.